The standard InChI is InChI=1S/C18H25N3O/c1-14-9-15(17-10-19-20(2)11-17)6-7-16(14)12-21-8-4-5-18(13-21)22-3/h6-7,9-11,18H,4-5,8,12-13H2,1-3H3. The third-order valence-electron chi connectivity index (χ3n) is 4.57. The maximum Gasteiger partial charge on any atom is 0.0698 e. The molecule has 2 aromatic rings. The Bertz CT molecular complexity index is 635. The van der Waals surface area contributed by atoms with Crippen molar-refractivity contribution >= 4 is 0 Å². The SMILES string of the molecule is COC1CCCN(Cc2ccc(-c3cnn(C)c3)cc2C)C1. The van der Waals surface area contributed by atoms with Crippen LogP contribution in [0.25, 0.3) is 11.1 Å². The molecule has 4 heteroatoms. The average molecular weight is 299 g/mol. The summed E-state index contributed by atoms with van der Waals surface area (Å²) in [5.74, 6) is 0. The van der Waals surface area contributed by atoms with Crippen molar-refractivity contribution in [2.75, 3.05) is 20.2 Å². The molecule has 1 aromatic heterocycles. The number of aromatic nitrogens is 2. The number of hydrogen-bond acceptors (Lipinski definition) is 3. The lowest BCUT2D eigenvalue weighted by atomic mass is 10.0. The predicted molar refractivity (Wildman–Crippen MR) is 88.7 cm³/mol. The lowest BCUT2D eigenvalue weighted by molar-refractivity contribution is 0.0285. The molecule has 1 aliphatic heterocycles. The summed E-state index contributed by atoms with van der Waals surface area (Å²) < 4.78 is 7.36. The number of likely N-dealkylation sites (tertiary alicyclic amines) is 1. The molecule has 1 atom stereocenters. The first-order chi connectivity index (χ1) is 10.7. The van der Waals surface area contributed by atoms with E-state index < -0.39 is 0 Å². The third kappa shape index (κ3) is 3.39. The van der Waals surface area contributed by atoms with Gasteiger partial charge in [-0.25, -0.2) is 0 Å². The van der Waals surface area contributed by atoms with Crippen molar-refractivity contribution in [3.8, 4) is 11.1 Å². The largest absolute Gasteiger partial charge is 0.380 e. The highest BCUT2D eigenvalue weighted by Crippen LogP contribution is 2.23. The summed E-state index contributed by atoms with van der Waals surface area (Å²) >= 11 is 0. The van der Waals surface area contributed by atoms with Crippen LogP contribution in [0, 0.1) is 6.92 Å². The van der Waals surface area contributed by atoms with Gasteiger partial charge in [-0.2, -0.15) is 5.10 Å². The second-order valence-electron chi connectivity index (χ2n) is 6.28. The van der Waals surface area contributed by atoms with Crippen LogP contribution in [0.15, 0.2) is 30.6 Å². The van der Waals surface area contributed by atoms with Crippen LogP contribution in [0.2, 0.25) is 0 Å². The van der Waals surface area contributed by atoms with E-state index in [0.717, 1.165) is 13.1 Å². The first kappa shape index (κ1) is 15.3. The molecule has 1 fully saturated rings. The van der Waals surface area contributed by atoms with Crippen molar-refractivity contribution < 1.29 is 4.74 Å². The minimum atomic E-state index is 0.392. The molecule has 0 amide bonds. The highest BCUT2D eigenvalue weighted by molar-refractivity contribution is 5.63. The van der Waals surface area contributed by atoms with E-state index in [-0.39, 0.29) is 0 Å². The van der Waals surface area contributed by atoms with E-state index >= 15 is 0 Å². The van der Waals surface area contributed by atoms with Gasteiger partial charge in [0, 0.05) is 39.0 Å². The topological polar surface area (TPSA) is 30.3 Å². The summed E-state index contributed by atoms with van der Waals surface area (Å²) in [6.07, 6.45) is 6.78. The Morgan fingerprint density at radius 3 is 2.86 bits per heavy atom. The molecule has 0 aliphatic carbocycles. The number of methoxy groups -OCH3 is 1. The fraction of sp³-hybridized carbons (Fsp3) is 0.500. The number of nitrogens with zero attached hydrogens (tertiary/aromatic N) is 3. The summed E-state index contributed by atoms with van der Waals surface area (Å²) in [5.41, 5.74) is 5.17. The zero-order valence-corrected chi connectivity index (χ0v) is 13.7. The highest BCUT2D eigenvalue weighted by atomic mass is 16.5. The number of aryl methyl sites for hydroxylation is 2. The van der Waals surface area contributed by atoms with Crippen molar-refractivity contribution in [1.82, 2.24) is 14.7 Å². The Hall–Kier alpha value is -1.65. The quantitative estimate of drug-likeness (QED) is 0.869. The molecule has 1 aromatic carbocycles. The van der Waals surface area contributed by atoms with E-state index in [0.29, 0.717) is 6.10 Å². The average Bonchev–Trinajstić information content (AvgIpc) is 2.96. The van der Waals surface area contributed by atoms with Gasteiger partial charge in [0.15, 0.2) is 0 Å². The molecule has 1 unspecified atom stereocenters. The molecule has 0 saturated carbocycles. The summed E-state index contributed by atoms with van der Waals surface area (Å²) in [6, 6.07) is 6.73. The monoisotopic (exact) mass is 299 g/mol. The number of rotatable bonds is 4. The predicted octanol–water partition coefficient (Wildman–Crippen LogP) is 3.01. The summed E-state index contributed by atoms with van der Waals surface area (Å²) in [7, 11) is 3.77. The number of ether oxygens (including phenoxy) is 1. The third-order valence-corrected chi connectivity index (χ3v) is 4.57. The first-order valence-electron chi connectivity index (χ1n) is 7.99. The van der Waals surface area contributed by atoms with Gasteiger partial charge in [0.25, 0.3) is 0 Å². The number of benzene rings is 1. The lowest BCUT2D eigenvalue weighted by Crippen LogP contribution is -2.38. The lowest BCUT2D eigenvalue weighted by Gasteiger charge is -2.32. The second kappa shape index (κ2) is 6.63. The summed E-state index contributed by atoms with van der Waals surface area (Å²) in [5, 5.41) is 4.25. The van der Waals surface area contributed by atoms with Gasteiger partial charge in [-0.3, -0.25) is 9.58 Å². The molecule has 0 spiro atoms. The minimum absolute atomic E-state index is 0.392. The molecular formula is C18H25N3O. The molecule has 118 valence electrons. The zero-order valence-electron chi connectivity index (χ0n) is 13.7. The van der Waals surface area contributed by atoms with Gasteiger partial charge in [0.2, 0.25) is 0 Å². The highest BCUT2D eigenvalue weighted by Gasteiger charge is 2.19. The van der Waals surface area contributed by atoms with Crippen molar-refractivity contribution in [3.05, 3.63) is 41.7 Å². The Balaban J connectivity index is 1.72. The van der Waals surface area contributed by atoms with Crippen LogP contribution in [-0.2, 0) is 18.3 Å². The molecule has 0 N–H and O–H groups in total. The van der Waals surface area contributed by atoms with Gasteiger partial charge in [-0.15, -0.1) is 0 Å². The fourth-order valence-electron chi connectivity index (χ4n) is 3.21. The molecule has 2 heterocycles. The van der Waals surface area contributed by atoms with Crippen molar-refractivity contribution in [3.63, 3.8) is 0 Å². The van der Waals surface area contributed by atoms with Gasteiger partial charge >= 0.3 is 0 Å². The first-order valence-corrected chi connectivity index (χ1v) is 7.99. The van der Waals surface area contributed by atoms with Gasteiger partial charge in [-0.1, -0.05) is 18.2 Å². The number of piperidine rings is 1. The smallest absolute Gasteiger partial charge is 0.0698 e. The summed E-state index contributed by atoms with van der Waals surface area (Å²) in [6.45, 7) is 5.43. The Kier molecular flexibility index (Phi) is 4.60. The van der Waals surface area contributed by atoms with Gasteiger partial charge in [-0.05, 0) is 43.0 Å². The molecule has 1 aliphatic rings. The van der Waals surface area contributed by atoms with E-state index in [4.69, 9.17) is 4.74 Å². The molecular weight excluding hydrogens is 274 g/mol. The van der Waals surface area contributed by atoms with Crippen molar-refractivity contribution in [2.24, 2.45) is 7.05 Å². The molecule has 1 saturated heterocycles. The van der Waals surface area contributed by atoms with E-state index in [1.165, 1.54) is 41.6 Å². The van der Waals surface area contributed by atoms with Crippen molar-refractivity contribution in [2.45, 2.75) is 32.4 Å². The number of hydrogen-bond donors (Lipinski definition) is 0. The summed E-state index contributed by atoms with van der Waals surface area (Å²) in [4.78, 5) is 2.50. The van der Waals surface area contributed by atoms with E-state index in [1.807, 2.05) is 25.0 Å². The Morgan fingerprint density at radius 2 is 2.18 bits per heavy atom. The Morgan fingerprint density at radius 1 is 1.32 bits per heavy atom. The van der Waals surface area contributed by atoms with Crippen LogP contribution in [-0.4, -0.2) is 41.0 Å². The molecule has 0 bridgehead atoms. The van der Waals surface area contributed by atoms with Crippen LogP contribution < -0.4 is 0 Å². The Labute approximate surface area is 132 Å². The van der Waals surface area contributed by atoms with Crippen LogP contribution in [0.5, 0.6) is 0 Å². The van der Waals surface area contributed by atoms with Crippen LogP contribution >= 0.6 is 0 Å². The van der Waals surface area contributed by atoms with E-state index in [9.17, 15) is 0 Å². The van der Waals surface area contributed by atoms with E-state index in [1.54, 1.807) is 0 Å². The van der Waals surface area contributed by atoms with Crippen molar-refractivity contribution in [1.29, 1.82) is 0 Å². The molecule has 22 heavy (non-hydrogen) atoms. The van der Waals surface area contributed by atoms with Gasteiger partial charge < -0.3 is 4.74 Å². The maximum absolute atomic E-state index is 5.52. The van der Waals surface area contributed by atoms with Crippen LogP contribution in [0.4, 0.5) is 0 Å². The van der Waals surface area contributed by atoms with Gasteiger partial charge in [0.1, 0.15) is 0 Å². The fourth-order valence-corrected chi connectivity index (χ4v) is 3.21. The molecule has 3 rings (SSSR count). The van der Waals surface area contributed by atoms with E-state index in [2.05, 4.69) is 41.3 Å². The van der Waals surface area contributed by atoms with Gasteiger partial charge in [0.05, 0.1) is 12.3 Å². The molecule has 0 radical (unpaired) electrons. The van der Waals surface area contributed by atoms with Crippen LogP contribution in [0.3, 0.4) is 0 Å². The van der Waals surface area contributed by atoms with Crippen LogP contribution in [0.1, 0.15) is 24.0 Å². The zero-order chi connectivity index (χ0) is 15.5. The maximum atomic E-state index is 5.52. The molecule has 4 nitrogen and oxygen atoms in total. The second-order valence-corrected chi connectivity index (χ2v) is 6.28. The normalized spacial score (nSPS) is 19.5. The minimum Gasteiger partial charge on any atom is -0.380 e.